The third-order valence-electron chi connectivity index (χ3n) is 10.7. The Morgan fingerprint density at radius 1 is 0.364 bits per heavy atom. The molecular weight excluding hydrogens is 713 g/mol. The van der Waals surface area contributed by atoms with E-state index in [1.807, 2.05) is 59.1 Å². The number of thiophene rings is 2. The van der Waals surface area contributed by atoms with Gasteiger partial charge in [-0.2, -0.15) is 0 Å². The normalized spacial score (nSPS) is 12.0. The molecule has 12 rings (SSSR count). The summed E-state index contributed by atoms with van der Waals surface area (Å²) < 4.78 is 17.8. The number of rotatable bonds is 5. The van der Waals surface area contributed by atoms with Crippen LogP contribution in [0.15, 0.2) is 179 Å². The van der Waals surface area contributed by atoms with Crippen molar-refractivity contribution in [3.8, 4) is 22.6 Å². The van der Waals surface area contributed by atoms with Crippen molar-refractivity contribution in [3.63, 3.8) is 0 Å². The lowest BCUT2D eigenvalue weighted by Crippen LogP contribution is -2.09. The second-order valence-electron chi connectivity index (χ2n) is 14.0. The highest BCUT2D eigenvalue weighted by atomic mass is 32.1. The monoisotopic (exact) mass is 740 g/mol. The fourth-order valence-corrected chi connectivity index (χ4v) is 10.3. The van der Waals surface area contributed by atoms with Gasteiger partial charge in [-0.1, -0.05) is 78.9 Å². The van der Waals surface area contributed by atoms with E-state index < -0.39 is 0 Å². The summed E-state index contributed by atoms with van der Waals surface area (Å²) in [5.41, 5.74) is 9.67. The van der Waals surface area contributed by atoms with Gasteiger partial charge in [0.25, 0.3) is 0 Å². The molecule has 0 aliphatic carbocycles. The lowest BCUT2D eigenvalue weighted by Gasteiger charge is -2.26. The standard InChI is InChI=1S/C49H28N2O2S2/c1-2-8-30(9-3-1)49-50-41-27-39-35-21-16-31(24-42(35)52-43(39)28-44(41)53-49)29-14-17-32(18-15-29)51(33-20-23-47-40(25-33)37-11-5-7-13-46(37)54-47)34-19-22-38-36-10-4-6-12-45(36)55-48(38)26-34/h1-28H. The minimum Gasteiger partial charge on any atom is -0.456 e. The number of hydrogen-bond donors (Lipinski definition) is 0. The van der Waals surface area contributed by atoms with E-state index in [1.165, 1.54) is 40.3 Å². The van der Waals surface area contributed by atoms with Crippen molar-refractivity contribution in [2.24, 2.45) is 0 Å². The van der Waals surface area contributed by atoms with Crippen LogP contribution in [0.3, 0.4) is 0 Å². The van der Waals surface area contributed by atoms with Gasteiger partial charge in [0.05, 0.1) is 0 Å². The van der Waals surface area contributed by atoms with E-state index in [4.69, 9.17) is 13.8 Å². The van der Waals surface area contributed by atoms with Crippen molar-refractivity contribution in [2.75, 3.05) is 4.90 Å². The van der Waals surface area contributed by atoms with Gasteiger partial charge in [0, 0.05) is 79.8 Å². The first-order valence-electron chi connectivity index (χ1n) is 18.3. The van der Waals surface area contributed by atoms with E-state index in [0.717, 1.165) is 61.2 Å². The number of benzene rings is 8. The molecule has 0 bridgehead atoms. The number of fused-ring (bicyclic) bond motifs is 10. The lowest BCUT2D eigenvalue weighted by molar-refractivity contribution is 0.617. The minimum atomic E-state index is 0.609. The maximum atomic E-state index is 6.44. The van der Waals surface area contributed by atoms with Crippen molar-refractivity contribution in [1.29, 1.82) is 0 Å². The Morgan fingerprint density at radius 2 is 0.982 bits per heavy atom. The smallest absolute Gasteiger partial charge is 0.227 e. The zero-order valence-electron chi connectivity index (χ0n) is 29.2. The molecular formula is C49H28N2O2S2. The van der Waals surface area contributed by atoms with Crippen LogP contribution in [-0.4, -0.2) is 4.98 Å². The zero-order chi connectivity index (χ0) is 36.0. The highest BCUT2D eigenvalue weighted by Gasteiger charge is 2.18. The van der Waals surface area contributed by atoms with E-state index in [-0.39, 0.29) is 0 Å². The maximum absolute atomic E-state index is 6.44. The van der Waals surface area contributed by atoms with Gasteiger partial charge >= 0.3 is 0 Å². The first kappa shape index (κ1) is 30.7. The molecule has 4 heterocycles. The molecule has 0 unspecified atom stereocenters. The van der Waals surface area contributed by atoms with Crippen molar-refractivity contribution in [2.45, 2.75) is 0 Å². The molecule has 0 N–H and O–H groups in total. The van der Waals surface area contributed by atoms with E-state index in [9.17, 15) is 0 Å². The van der Waals surface area contributed by atoms with Gasteiger partial charge < -0.3 is 13.7 Å². The Labute approximate surface area is 322 Å². The Hall–Kier alpha value is -6.73. The first-order valence-corrected chi connectivity index (χ1v) is 19.9. The molecule has 258 valence electrons. The predicted octanol–water partition coefficient (Wildman–Crippen LogP) is 15.3. The number of oxazole rings is 1. The van der Waals surface area contributed by atoms with Gasteiger partial charge in [-0.15, -0.1) is 22.7 Å². The third-order valence-corrected chi connectivity index (χ3v) is 13.0. The van der Waals surface area contributed by atoms with Gasteiger partial charge in [-0.05, 0) is 96.1 Å². The van der Waals surface area contributed by atoms with Crippen LogP contribution in [0, 0.1) is 0 Å². The van der Waals surface area contributed by atoms with Crippen LogP contribution in [-0.2, 0) is 0 Å². The van der Waals surface area contributed by atoms with E-state index in [1.54, 1.807) is 0 Å². The van der Waals surface area contributed by atoms with Crippen LogP contribution in [0.25, 0.3) is 96.0 Å². The van der Waals surface area contributed by atoms with E-state index in [2.05, 4.69) is 138 Å². The fourth-order valence-electron chi connectivity index (χ4n) is 8.04. The van der Waals surface area contributed by atoms with E-state index >= 15 is 0 Å². The molecule has 4 aromatic heterocycles. The summed E-state index contributed by atoms with van der Waals surface area (Å²) in [7, 11) is 0. The molecule has 12 aromatic rings. The maximum Gasteiger partial charge on any atom is 0.227 e. The first-order chi connectivity index (χ1) is 27.2. The second kappa shape index (κ2) is 11.9. The number of hydrogen-bond acceptors (Lipinski definition) is 6. The van der Waals surface area contributed by atoms with Crippen LogP contribution in [0.1, 0.15) is 0 Å². The highest BCUT2D eigenvalue weighted by molar-refractivity contribution is 7.26. The average Bonchev–Trinajstić information content (AvgIpc) is 4.01. The molecule has 0 spiro atoms. The summed E-state index contributed by atoms with van der Waals surface area (Å²) in [5, 5.41) is 7.26. The Morgan fingerprint density at radius 3 is 1.82 bits per heavy atom. The molecule has 0 aliphatic heterocycles. The summed E-state index contributed by atoms with van der Waals surface area (Å²) in [6.45, 7) is 0. The van der Waals surface area contributed by atoms with Crippen LogP contribution >= 0.6 is 22.7 Å². The Bertz CT molecular complexity index is 3440. The summed E-state index contributed by atoms with van der Waals surface area (Å²) >= 11 is 3.70. The molecule has 0 atom stereocenters. The number of furan rings is 1. The summed E-state index contributed by atoms with van der Waals surface area (Å²) in [5.74, 6) is 0.609. The molecule has 0 aliphatic rings. The zero-order valence-corrected chi connectivity index (χ0v) is 30.8. The summed E-state index contributed by atoms with van der Waals surface area (Å²) in [6.07, 6.45) is 0. The Kier molecular flexibility index (Phi) is 6.64. The topological polar surface area (TPSA) is 42.4 Å². The molecule has 0 radical (unpaired) electrons. The number of anilines is 3. The highest BCUT2D eigenvalue weighted by Crippen LogP contribution is 2.44. The largest absolute Gasteiger partial charge is 0.456 e. The van der Waals surface area contributed by atoms with Crippen LogP contribution < -0.4 is 4.90 Å². The Balaban J connectivity index is 0.943. The molecule has 0 saturated carbocycles. The van der Waals surface area contributed by atoms with Gasteiger partial charge in [0.2, 0.25) is 5.89 Å². The van der Waals surface area contributed by atoms with Crippen molar-refractivity contribution >= 4 is 113 Å². The number of aromatic nitrogens is 1. The SMILES string of the molecule is c1ccc(-c2nc3cc4c(cc3o2)oc2cc(-c3ccc(N(c5ccc6c(c5)sc5ccccc56)c5ccc6sc7ccccc7c6c5)cc3)ccc24)cc1. The van der Waals surface area contributed by atoms with Gasteiger partial charge in [-0.3, -0.25) is 0 Å². The van der Waals surface area contributed by atoms with Crippen molar-refractivity contribution in [1.82, 2.24) is 4.98 Å². The summed E-state index contributed by atoms with van der Waals surface area (Å²) in [6, 6.07) is 60.5. The molecule has 0 saturated heterocycles. The molecule has 0 amide bonds. The van der Waals surface area contributed by atoms with Crippen LogP contribution in [0.2, 0.25) is 0 Å². The van der Waals surface area contributed by atoms with Gasteiger partial charge in [-0.25, -0.2) is 4.98 Å². The summed E-state index contributed by atoms with van der Waals surface area (Å²) in [4.78, 5) is 7.17. The van der Waals surface area contributed by atoms with Crippen molar-refractivity contribution in [3.05, 3.63) is 170 Å². The van der Waals surface area contributed by atoms with Gasteiger partial charge in [0.1, 0.15) is 16.7 Å². The molecule has 0 fully saturated rings. The lowest BCUT2D eigenvalue weighted by atomic mass is 10.0. The predicted molar refractivity (Wildman–Crippen MR) is 233 cm³/mol. The fraction of sp³-hybridized carbons (Fsp3) is 0. The molecule has 4 nitrogen and oxygen atoms in total. The molecule has 6 heteroatoms. The van der Waals surface area contributed by atoms with Gasteiger partial charge in [0.15, 0.2) is 5.58 Å². The van der Waals surface area contributed by atoms with Crippen LogP contribution in [0.4, 0.5) is 17.1 Å². The van der Waals surface area contributed by atoms with Crippen molar-refractivity contribution < 1.29 is 8.83 Å². The molecule has 55 heavy (non-hydrogen) atoms. The quantitative estimate of drug-likeness (QED) is 0.176. The average molecular weight is 741 g/mol. The van der Waals surface area contributed by atoms with E-state index in [0.29, 0.717) is 11.5 Å². The third kappa shape index (κ3) is 4.92. The van der Waals surface area contributed by atoms with Crippen LogP contribution in [0.5, 0.6) is 0 Å². The minimum absolute atomic E-state index is 0.609. The second-order valence-corrected chi connectivity index (χ2v) is 16.1. The molecule has 8 aromatic carbocycles. The number of nitrogens with zero attached hydrogens (tertiary/aromatic N) is 2.